The van der Waals surface area contributed by atoms with Crippen molar-refractivity contribution in [2.75, 3.05) is 13.3 Å². The molecule has 7 nitrogen and oxygen atoms in total. The molecule has 0 aliphatic heterocycles. The molecule has 2 aromatic carbocycles. The summed E-state index contributed by atoms with van der Waals surface area (Å²) >= 11 is 0. The maximum absolute atomic E-state index is 13.6. The lowest BCUT2D eigenvalue weighted by atomic mass is 10.1. The van der Waals surface area contributed by atoms with Crippen molar-refractivity contribution in [2.45, 2.75) is 32.9 Å². The van der Waals surface area contributed by atoms with Gasteiger partial charge in [-0.15, -0.1) is 0 Å². The van der Waals surface area contributed by atoms with Crippen LogP contribution < -0.4 is 0 Å². The van der Waals surface area contributed by atoms with Crippen molar-refractivity contribution in [3.8, 4) is 0 Å². The van der Waals surface area contributed by atoms with Crippen LogP contribution in [0.4, 0.5) is 9.18 Å². The molecule has 8 heteroatoms. The molecule has 0 saturated heterocycles. The van der Waals surface area contributed by atoms with E-state index in [2.05, 4.69) is 0 Å². The molecule has 0 aromatic heterocycles. The first-order valence-corrected chi connectivity index (χ1v) is 9.24. The SMILES string of the molecule is CC(C)(C)N(CC(=O)OCc1ccccc1)C(=O)OCOC(=O)c1ccccc1F. The van der Waals surface area contributed by atoms with Gasteiger partial charge in [0.05, 0.1) is 5.56 Å². The second kappa shape index (κ2) is 10.4. The van der Waals surface area contributed by atoms with Crippen molar-refractivity contribution in [3.05, 3.63) is 71.5 Å². The van der Waals surface area contributed by atoms with Crippen LogP contribution in [0.5, 0.6) is 0 Å². The summed E-state index contributed by atoms with van der Waals surface area (Å²) in [7, 11) is 0. The van der Waals surface area contributed by atoms with E-state index in [4.69, 9.17) is 14.2 Å². The highest BCUT2D eigenvalue weighted by molar-refractivity contribution is 5.89. The van der Waals surface area contributed by atoms with E-state index in [9.17, 15) is 18.8 Å². The highest BCUT2D eigenvalue weighted by Gasteiger charge is 2.30. The van der Waals surface area contributed by atoms with Crippen molar-refractivity contribution in [1.29, 1.82) is 0 Å². The average Bonchev–Trinajstić information content (AvgIpc) is 2.70. The largest absolute Gasteiger partial charge is 0.459 e. The van der Waals surface area contributed by atoms with Gasteiger partial charge in [-0.1, -0.05) is 42.5 Å². The van der Waals surface area contributed by atoms with Crippen LogP contribution in [0.1, 0.15) is 36.7 Å². The van der Waals surface area contributed by atoms with E-state index in [0.717, 1.165) is 16.5 Å². The summed E-state index contributed by atoms with van der Waals surface area (Å²) in [5.74, 6) is -2.33. The number of carbonyl (C=O) groups is 3. The van der Waals surface area contributed by atoms with Gasteiger partial charge in [0.2, 0.25) is 6.79 Å². The summed E-state index contributed by atoms with van der Waals surface area (Å²) in [5.41, 5.74) is -0.222. The Morgan fingerprint density at radius 2 is 1.53 bits per heavy atom. The monoisotopic (exact) mass is 417 g/mol. The molecule has 0 radical (unpaired) electrons. The summed E-state index contributed by atoms with van der Waals surface area (Å²) in [6.45, 7) is 4.14. The highest BCUT2D eigenvalue weighted by Crippen LogP contribution is 2.15. The summed E-state index contributed by atoms with van der Waals surface area (Å²) in [4.78, 5) is 37.6. The number of halogens is 1. The van der Waals surface area contributed by atoms with Crippen LogP contribution in [0, 0.1) is 5.82 Å². The molecule has 0 atom stereocenters. The Kier molecular flexibility index (Phi) is 7.91. The quantitative estimate of drug-likeness (QED) is 0.502. The summed E-state index contributed by atoms with van der Waals surface area (Å²) in [6, 6.07) is 14.4. The van der Waals surface area contributed by atoms with Gasteiger partial charge in [0, 0.05) is 5.54 Å². The van der Waals surface area contributed by atoms with E-state index >= 15 is 0 Å². The lowest BCUT2D eigenvalue weighted by molar-refractivity contribution is -0.147. The molecule has 2 aromatic rings. The van der Waals surface area contributed by atoms with Crippen molar-refractivity contribution in [3.63, 3.8) is 0 Å². The molecule has 0 unspecified atom stereocenters. The Morgan fingerprint density at radius 1 is 0.900 bits per heavy atom. The maximum atomic E-state index is 13.6. The first kappa shape index (κ1) is 22.9. The van der Waals surface area contributed by atoms with Crippen LogP contribution >= 0.6 is 0 Å². The van der Waals surface area contributed by atoms with Gasteiger partial charge < -0.3 is 14.2 Å². The molecule has 160 valence electrons. The summed E-state index contributed by atoms with van der Waals surface area (Å²) < 4.78 is 28.5. The van der Waals surface area contributed by atoms with Gasteiger partial charge in [0.1, 0.15) is 19.0 Å². The smallest absolute Gasteiger partial charge is 0.413 e. The number of nitrogens with zero attached hydrogens (tertiary/aromatic N) is 1. The van der Waals surface area contributed by atoms with E-state index in [0.29, 0.717) is 0 Å². The van der Waals surface area contributed by atoms with Gasteiger partial charge in [0.15, 0.2) is 0 Å². The normalized spacial score (nSPS) is 10.8. The van der Waals surface area contributed by atoms with Crippen molar-refractivity contribution in [2.24, 2.45) is 0 Å². The number of ether oxygens (including phenoxy) is 3. The molecule has 0 fully saturated rings. The van der Waals surface area contributed by atoms with Crippen molar-refractivity contribution in [1.82, 2.24) is 4.90 Å². The Hall–Kier alpha value is -3.42. The third-order valence-electron chi connectivity index (χ3n) is 4.03. The fourth-order valence-corrected chi connectivity index (χ4v) is 2.40. The van der Waals surface area contributed by atoms with Crippen LogP contribution in [0.3, 0.4) is 0 Å². The first-order valence-electron chi connectivity index (χ1n) is 9.24. The summed E-state index contributed by atoms with van der Waals surface area (Å²) in [5, 5.41) is 0. The Morgan fingerprint density at radius 3 is 2.17 bits per heavy atom. The van der Waals surface area contributed by atoms with E-state index < -0.39 is 36.2 Å². The minimum Gasteiger partial charge on any atom is -0.459 e. The molecule has 0 N–H and O–H groups in total. The first-order chi connectivity index (χ1) is 14.2. The fourth-order valence-electron chi connectivity index (χ4n) is 2.40. The maximum Gasteiger partial charge on any atom is 0.413 e. The van der Waals surface area contributed by atoms with E-state index in [1.165, 1.54) is 18.2 Å². The molecule has 1 amide bonds. The molecule has 0 aliphatic rings. The van der Waals surface area contributed by atoms with E-state index in [-0.39, 0.29) is 18.7 Å². The third kappa shape index (κ3) is 6.88. The zero-order valence-corrected chi connectivity index (χ0v) is 17.1. The Bertz CT molecular complexity index is 879. The Labute approximate surface area is 174 Å². The van der Waals surface area contributed by atoms with Gasteiger partial charge in [0.25, 0.3) is 0 Å². The van der Waals surface area contributed by atoms with Crippen LogP contribution in [-0.2, 0) is 25.6 Å². The number of hydrogen-bond acceptors (Lipinski definition) is 6. The third-order valence-corrected chi connectivity index (χ3v) is 4.03. The van der Waals surface area contributed by atoms with Gasteiger partial charge in [-0.05, 0) is 38.5 Å². The molecule has 30 heavy (non-hydrogen) atoms. The van der Waals surface area contributed by atoms with Gasteiger partial charge in [-0.25, -0.2) is 14.0 Å². The number of hydrogen-bond donors (Lipinski definition) is 0. The number of rotatable bonds is 7. The van der Waals surface area contributed by atoms with Gasteiger partial charge >= 0.3 is 18.0 Å². The number of amides is 1. The molecule has 0 heterocycles. The van der Waals surface area contributed by atoms with Crippen molar-refractivity contribution >= 4 is 18.0 Å². The lowest BCUT2D eigenvalue weighted by Gasteiger charge is -2.33. The molecule has 2 rings (SSSR count). The molecular weight excluding hydrogens is 393 g/mol. The lowest BCUT2D eigenvalue weighted by Crippen LogP contribution is -2.49. The molecular formula is C22H24FNO6. The second-order valence-electron chi connectivity index (χ2n) is 7.34. The zero-order chi connectivity index (χ0) is 22.1. The minimum absolute atomic E-state index is 0.0763. The van der Waals surface area contributed by atoms with Crippen LogP contribution in [0.25, 0.3) is 0 Å². The van der Waals surface area contributed by atoms with Crippen LogP contribution in [0.2, 0.25) is 0 Å². The van der Waals surface area contributed by atoms with Gasteiger partial charge in [-0.3, -0.25) is 9.69 Å². The summed E-state index contributed by atoms with van der Waals surface area (Å²) in [6.07, 6.45) is -0.875. The topological polar surface area (TPSA) is 82.1 Å². The van der Waals surface area contributed by atoms with Crippen LogP contribution in [-0.4, -0.2) is 41.8 Å². The standard InChI is InChI=1S/C22H24FNO6/c1-22(2,3)24(13-19(25)28-14-16-9-5-4-6-10-16)21(27)30-15-29-20(26)17-11-7-8-12-18(17)23/h4-12H,13-15H2,1-3H3. The van der Waals surface area contributed by atoms with E-state index in [1.54, 1.807) is 20.8 Å². The Balaban J connectivity index is 1.88. The second-order valence-corrected chi connectivity index (χ2v) is 7.34. The molecule has 0 saturated carbocycles. The predicted octanol–water partition coefficient (Wildman–Crippen LogP) is 3.92. The molecule has 0 aliphatic carbocycles. The molecule has 0 spiro atoms. The van der Waals surface area contributed by atoms with Gasteiger partial charge in [-0.2, -0.15) is 0 Å². The zero-order valence-electron chi connectivity index (χ0n) is 17.1. The number of esters is 2. The van der Waals surface area contributed by atoms with Crippen molar-refractivity contribution < 1.29 is 33.0 Å². The number of carbonyl (C=O) groups excluding carboxylic acids is 3. The fraction of sp³-hybridized carbons (Fsp3) is 0.318. The van der Waals surface area contributed by atoms with Crippen LogP contribution in [0.15, 0.2) is 54.6 Å². The number of benzene rings is 2. The minimum atomic E-state index is -0.967. The predicted molar refractivity (Wildman–Crippen MR) is 106 cm³/mol. The average molecular weight is 417 g/mol. The highest BCUT2D eigenvalue weighted by atomic mass is 19.1. The molecule has 0 bridgehead atoms. The van der Waals surface area contributed by atoms with E-state index in [1.807, 2.05) is 30.3 Å².